The molecule has 1 saturated heterocycles. The number of sulfone groups is 1. The smallest absolute Gasteiger partial charge is 0.321 e. The second kappa shape index (κ2) is 8.82. The highest BCUT2D eigenvalue weighted by Gasteiger charge is 2.50. The van der Waals surface area contributed by atoms with E-state index in [-0.39, 0.29) is 25.9 Å². The van der Waals surface area contributed by atoms with Gasteiger partial charge in [-0.2, -0.15) is 10.4 Å². The molecule has 3 rings (SSSR count). The van der Waals surface area contributed by atoms with E-state index in [4.69, 9.17) is 5.26 Å². The van der Waals surface area contributed by atoms with Gasteiger partial charge in [0.1, 0.15) is 10.6 Å². The van der Waals surface area contributed by atoms with Gasteiger partial charge >= 0.3 is 6.03 Å². The fraction of sp³-hybridized carbons (Fsp3) is 0.450. The summed E-state index contributed by atoms with van der Waals surface area (Å²) in [6.07, 6.45) is -2.20. The van der Waals surface area contributed by atoms with Crippen molar-refractivity contribution in [2.24, 2.45) is 13.0 Å². The molecule has 1 N–H and O–H groups in total. The van der Waals surface area contributed by atoms with Crippen molar-refractivity contribution >= 4 is 21.6 Å². The maximum Gasteiger partial charge on any atom is 0.321 e. The molecular weight excluding hydrogens is 447 g/mol. The average molecular weight is 469 g/mol. The van der Waals surface area contributed by atoms with Crippen LogP contribution in [0.3, 0.4) is 0 Å². The van der Waals surface area contributed by atoms with Gasteiger partial charge in [0, 0.05) is 37.9 Å². The van der Waals surface area contributed by atoms with E-state index in [0.717, 1.165) is 17.8 Å². The summed E-state index contributed by atoms with van der Waals surface area (Å²) in [5.74, 6) is -0.989. The van der Waals surface area contributed by atoms with Crippen molar-refractivity contribution in [3.8, 4) is 6.07 Å². The molecule has 0 unspecified atom stereocenters. The van der Waals surface area contributed by atoms with Gasteiger partial charge in [-0.15, -0.1) is 0 Å². The van der Waals surface area contributed by atoms with E-state index >= 15 is 4.39 Å². The van der Waals surface area contributed by atoms with Crippen LogP contribution < -0.4 is 5.32 Å². The second-order valence-electron chi connectivity index (χ2n) is 7.72. The highest BCUT2D eigenvalue weighted by molar-refractivity contribution is 7.92. The molecule has 1 fully saturated rings. The minimum absolute atomic E-state index is 0.0390. The third-order valence-corrected chi connectivity index (χ3v) is 7.90. The summed E-state index contributed by atoms with van der Waals surface area (Å²) >= 11 is 0. The Balaban J connectivity index is 1.69. The number of aromatic nitrogens is 2. The maximum absolute atomic E-state index is 15.6. The first-order valence-electron chi connectivity index (χ1n) is 9.78. The molecule has 2 amide bonds. The van der Waals surface area contributed by atoms with Crippen molar-refractivity contribution in [2.75, 3.05) is 18.4 Å². The molecule has 1 aromatic heterocycles. The lowest BCUT2D eigenvalue weighted by atomic mass is 9.92. The monoisotopic (exact) mass is 469 g/mol. The van der Waals surface area contributed by atoms with Crippen molar-refractivity contribution in [3.63, 3.8) is 0 Å². The standard InChI is InChI=1S/C20H22F3N5O3S/c1-20(23,32(30,31)16-12-27(2)26-17(16)18(21)22)14-7-9-28(10-8-14)19(29)25-15-5-3-13(11-24)4-6-15/h3-6,12,14,18H,7-10H2,1-2H3,(H,25,29)/t20-/m1/s1. The first kappa shape index (κ1) is 23.6. The van der Waals surface area contributed by atoms with Gasteiger partial charge in [-0.05, 0) is 44.0 Å². The second-order valence-corrected chi connectivity index (χ2v) is 9.97. The van der Waals surface area contributed by atoms with Crippen LogP contribution in [0.4, 0.5) is 23.7 Å². The number of amides is 2. The lowest BCUT2D eigenvalue weighted by molar-refractivity contribution is 0.116. The van der Waals surface area contributed by atoms with Crippen molar-refractivity contribution < 1.29 is 26.4 Å². The highest BCUT2D eigenvalue weighted by Crippen LogP contribution is 2.41. The van der Waals surface area contributed by atoms with E-state index in [2.05, 4.69) is 10.4 Å². The van der Waals surface area contributed by atoms with E-state index in [1.807, 2.05) is 6.07 Å². The van der Waals surface area contributed by atoms with Crippen molar-refractivity contribution in [3.05, 3.63) is 41.7 Å². The van der Waals surface area contributed by atoms with Gasteiger partial charge in [0.25, 0.3) is 6.43 Å². The molecule has 2 heterocycles. The van der Waals surface area contributed by atoms with E-state index in [1.54, 1.807) is 24.3 Å². The number of aryl methyl sites for hydroxylation is 1. The Bertz CT molecular complexity index is 1130. The third-order valence-electron chi connectivity index (χ3n) is 5.62. The zero-order valence-corrected chi connectivity index (χ0v) is 18.2. The van der Waals surface area contributed by atoms with Gasteiger partial charge in [-0.1, -0.05) is 0 Å². The maximum atomic E-state index is 15.6. The Kier molecular flexibility index (Phi) is 6.50. The van der Waals surface area contributed by atoms with Crippen LogP contribution in [0.2, 0.25) is 0 Å². The van der Waals surface area contributed by atoms with Gasteiger partial charge in [-0.3, -0.25) is 4.68 Å². The summed E-state index contributed by atoms with van der Waals surface area (Å²) in [7, 11) is -3.48. The van der Waals surface area contributed by atoms with Crippen molar-refractivity contribution in [1.82, 2.24) is 14.7 Å². The predicted molar refractivity (Wildman–Crippen MR) is 109 cm³/mol. The molecule has 172 valence electrons. The number of likely N-dealkylation sites (tertiary alicyclic amines) is 1. The van der Waals surface area contributed by atoms with Gasteiger partial charge in [-0.25, -0.2) is 26.4 Å². The molecule has 1 atom stereocenters. The highest BCUT2D eigenvalue weighted by atomic mass is 32.2. The molecule has 8 nitrogen and oxygen atoms in total. The minimum atomic E-state index is -4.76. The molecular formula is C20H22F3N5O3S. The average Bonchev–Trinajstić information content (AvgIpc) is 3.17. The van der Waals surface area contributed by atoms with Crippen LogP contribution in [0.25, 0.3) is 0 Å². The normalized spacial score (nSPS) is 17.1. The number of benzene rings is 1. The number of nitriles is 1. The number of piperidine rings is 1. The third kappa shape index (κ3) is 4.43. The quantitative estimate of drug-likeness (QED) is 0.719. The predicted octanol–water partition coefficient (Wildman–Crippen LogP) is 3.63. The largest absolute Gasteiger partial charge is 0.325 e. The number of rotatable bonds is 5. The summed E-state index contributed by atoms with van der Waals surface area (Å²) in [5.41, 5.74) is -0.0587. The number of urea groups is 1. The molecule has 0 saturated carbocycles. The fourth-order valence-electron chi connectivity index (χ4n) is 3.71. The molecule has 1 aromatic carbocycles. The van der Waals surface area contributed by atoms with Crippen molar-refractivity contribution in [2.45, 2.75) is 36.1 Å². The van der Waals surface area contributed by atoms with Crippen LogP contribution in [-0.2, 0) is 16.9 Å². The molecule has 0 radical (unpaired) electrons. The van der Waals surface area contributed by atoms with E-state index in [9.17, 15) is 22.0 Å². The Morgan fingerprint density at radius 3 is 2.41 bits per heavy atom. The SMILES string of the molecule is Cn1cc(S(=O)(=O)[C@@](C)(F)C2CCN(C(=O)Nc3ccc(C#N)cc3)CC2)c(C(F)F)n1. The van der Waals surface area contributed by atoms with Crippen LogP contribution in [0.5, 0.6) is 0 Å². The first-order chi connectivity index (χ1) is 15.0. The minimum Gasteiger partial charge on any atom is -0.325 e. The Morgan fingerprint density at radius 2 is 1.88 bits per heavy atom. The van der Waals surface area contributed by atoms with Gasteiger partial charge in [0.05, 0.1) is 11.6 Å². The fourth-order valence-corrected chi connectivity index (χ4v) is 5.51. The lowest BCUT2D eigenvalue weighted by Gasteiger charge is -2.37. The topological polar surface area (TPSA) is 108 Å². The molecule has 0 spiro atoms. The number of anilines is 1. The van der Waals surface area contributed by atoms with Crippen molar-refractivity contribution in [1.29, 1.82) is 5.26 Å². The number of carbonyl (C=O) groups excluding carboxylic acids is 1. The number of carbonyl (C=O) groups is 1. The number of nitrogens with zero attached hydrogens (tertiary/aromatic N) is 4. The van der Waals surface area contributed by atoms with Gasteiger partial charge in [0.2, 0.25) is 14.8 Å². The number of alkyl halides is 3. The Hall–Kier alpha value is -3.07. The zero-order valence-electron chi connectivity index (χ0n) is 17.4. The van der Waals surface area contributed by atoms with E-state index in [1.165, 1.54) is 11.9 Å². The van der Waals surface area contributed by atoms with Crippen LogP contribution in [0.1, 0.15) is 37.4 Å². The van der Waals surface area contributed by atoms with E-state index in [0.29, 0.717) is 11.3 Å². The Morgan fingerprint density at radius 1 is 1.28 bits per heavy atom. The summed E-state index contributed by atoms with van der Waals surface area (Å²) < 4.78 is 68.9. The molecule has 1 aliphatic rings. The molecule has 1 aliphatic heterocycles. The lowest BCUT2D eigenvalue weighted by Crippen LogP contribution is -2.48. The summed E-state index contributed by atoms with van der Waals surface area (Å²) in [6, 6.07) is 7.77. The molecule has 2 aromatic rings. The summed E-state index contributed by atoms with van der Waals surface area (Å²) in [4.78, 5) is 13.1. The van der Waals surface area contributed by atoms with Crippen LogP contribution in [-0.4, -0.2) is 47.2 Å². The van der Waals surface area contributed by atoms with Crippen LogP contribution in [0.15, 0.2) is 35.4 Å². The van der Waals surface area contributed by atoms with Gasteiger partial charge in [0.15, 0.2) is 0 Å². The summed E-state index contributed by atoms with van der Waals surface area (Å²) in [6.45, 7) is 1.06. The number of hydrogen-bond acceptors (Lipinski definition) is 5. The first-order valence-corrected chi connectivity index (χ1v) is 11.3. The summed E-state index contributed by atoms with van der Waals surface area (Å²) in [5, 5.41) is 12.1. The number of nitrogens with one attached hydrogen (secondary N) is 1. The molecule has 12 heteroatoms. The van der Waals surface area contributed by atoms with E-state index < -0.39 is 43.8 Å². The number of halogens is 3. The van der Waals surface area contributed by atoms with Gasteiger partial charge < -0.3 is 10.2 Å². The molecule has 0 aliphatic carbocycles. The number of hydrogen-bond donors (Lipinski definition) is 1. The zero-order chi connectivity index (χ0) is 23.7. The van der Waals surface area contributed by atoms with Crippen LogP contribution >= 0.6 is 0 Å². The molecule has 32 heavy (non-hydrogen) atoms. The Labute approximate surface area is 183 Å². The molecule has 0 bridgehead atoms. The van der Waals surface area contributed by atoms with Crippen LogP contribution in [0, 0.1) is 17.2 Å².